The molecule has 2 rings (SSSR count). The van der Waals surface area contributed by atoms with E-state index in [2.05, 4.69) is 30.4 Å². The molecular formula is C14H16N2. The van der Waals surface area contributed by atoms with E-state index in [1.165, 1.54) is 5.56 Å². The Morgan fingerprint density at radius 1 is 0.875 bits per heavy atom. The minimum Gasteiger partial charge on any atom is -0.399 e. The van der Waals surface area contributed by atoms with Crippen LogP contribution < -0.4 is 11.1 Å². The van der Waals surface area contributed by atoms with Gasteiger partial charge in [-0.05, 0) is 55.3 Å². The predicted molar refractivity (Wildman–Crippen MR) is 70.1 cm³/mol. The van der Waals surface area contributed by atoms with E-state index in [0.29, 0.717) is 0 Å². The molecule has 0 atom stereocenters. The van der Waals surface area contributed by atoms with Crippen LogP contribution in [-0.4, -0.2) is 0 Å². The van der Waals surface area contributed by atoms with E-state index in [1.807, 2.05) is 31.2 Å². The van der Waals surface area contributed by atoms with Crippen LogP contribution in [0.4, 0.5) is 17.1 Å². The lowest BCUT2D eigenvalue weighted by Crippen LogP contribution is -1.93. The molecule has 0 aromatic heterocycles. The maximum atomic E-state index is 5.80. The van der Waals surface area contributed by atoms with E-state index in [-0.39, 0.29) is 0 Å². The lowest BCUT2D eigenvalue weighted by Gasteiger charge is -2.09. The maximum absolute atomic E-state index is 5.80. The second-order valence-corrected chi connectivity index (χ2v) is 4.13. The van der Waals surface area contributed by atoms with Crippen molar-refractivity contribution in [2.45, 2.75) is 13.8 Å². The summed E-state index contributed by atoms with van der Waals surface area (Å²) < 4.78 is 0. The Kier molecular flexibility index (Phi) is 2.82. The summed E-state index contributed by atoms with van der Waals surface area (Å²) in [5.41, 5.74) is 11.1. The van der Waals surface area contributed by atoms with Crippen molar-refractivity contribution < 1.29 is 0 Å². The molecule has 0 fully saturated rings. The molecule has 3 N–H and O–H groups in total. The van der Waals surface area contributed by atoms with Gasteiger partial charge in [-0.25, -0.2) is 0 Å². The Labute approximate surface area is 96.1 Å². The SMILES string of the molecule is Cc1cccc(Nc2cc(C)cc(N)c2)c1. The van der Waals surface area contributed by atoms with Gasteiger partial charge in [0.1, 0.15) is 0 Å². The van der Waals surface area contributed by atoms with Gasteiger partial charge >= 0.3 is 0 Å². The molecule has 2 heteroatoms. The Morgan fingerprint density at radius 3 is 2.31 bits per heavy atom. The van der Waals surface area contributed by atoms with Crippen molar-refractivity contribution in [1.29, 1.82) is 0 Å². The third-order valence-electron chi connectivity index (χ3n) is 2.41. The number of rotatable bonds is 2. The summed E-state index contributed by atoms with van der Waals surface area (Å²) in [4.78, 5) is 0. The van der Waals surface area contributed by atoms with Crippen LogP contribution in [0.2, 0.25) is 0 Å². The Balaban J connectivity index is 2.27. The van der Waals surface area contributed by atoms with Crippen LogP contribution in [0.25, 0.3) is 0 Å². The van der Waals surface area contributed by atoms with Crippen LogP contribution in [0.15, 0.2) is 42.5 Å². The van der Waals surface area contributed by atoms with E-state index in [0.717, 1.165) is 22.6 Å². The highest BCUT2D eigenvalue weighted by molar-refractivity contribution is 5.65. The van der Waals surface area contributed by atoms with E-state index < -0.39 is 0 Å². The van der Waals surface area contributed by atoms with Gasteiger partial charge in [0.2, 0.25) is 0 Å². The third kappa shape index (κ3) is 2.54. The summed E-state index contributed by atoms with van der Waals surface area (Å²) >= 11 is 0. The fourth-order valence-electron chi connectivity index (χ4n) is 1.77. The van der Waals surface area contributed by atoms with Gasteiger partial charge in [-0.1, -0.05) is 12.1 Å². The number of nitrogens with one attached hydrogen (secondary N) is 1. The van der Waals surface area contributed by atoms with Crippen molar-refractivity contribution in [3.63, 3.8) is 0 Å². The van der Waals surface area contributed by atoms with Gasteiger partial charge in [0.05, 0.1) is 0 Å². The van der Waals surface area contributed by atoms with Gasteiger partial charge < -0.3 is 11.1 Å². The second kappa shape index (κ2) is 4.27. The number of hydrogen-bond donors (Lipinski definition) is 2. The number of nitrogens with two attached hydrogens (primary N) is 1. The van der Waals surface area contributed by atoms with E-state index in [9.17, 15) is 0 Å². The molecule has 0 aliphatic heterocycles. The molecule has 0 heterocycles. The van der Waals surface area contributed by atoms with Gasteiger partial charge in [-0.3, -0.25) is 0 Å². The normalized spacial score (nSPS) is 10.1. The van der Waals surface area contributed by atoms with Crippen molar-refractivity contribution in [2.75, 3.05) is 11.1 Å². The molecule has 0 bridgehead atoms. The zero-order valence-corrected chi connectivity index (χ0v) is 9.62. The molecule has 0 unspecified atom stereocenters. The van der Waals surface area contributed by atoms with Gasteiger partial charge in [0.15, 0.2) is 0 Å². The van der Waals surface area contributed by atoms with E-state index in [1.54, 1.807) is 0 Å². The summed E-state index contributed by atoms with van der Waals surface area (Å²) in [6.07, 6.45) is 0. The van der Waals surface area contributed by atoms with Gasteiger partial charge in [0.25, 0.3) is 0 Å². The van der Waals surface area contributed by atoms with Crippen molar-refractivity contribution in [3.8, 4) is 0 Å². The van der Waals surface area contributed by atoms with Crippen molar-refractivity contribution in [3.05, 3.63) is 53.6 Å². The first-order valence-electron chi connectivity index (χ1n) is 5.34. The Hall–Kier alpha value is -1.96. The van der Waals surface area contributed by atoms with Crippen LogP contribution >= 0.6 is 0 Å². The second-order valence-electron chi connectivity index (χ2n) is 4.13. The largest absolute Gasteiger partial charge is 0.399 e. The number of aryl methyl sites for hydroxylation is 2. The number of benzene rings is 2. The molecule has 16 heavy (non-hydrogen) atoms. The Morgan fingerprint density at radius 2 is 1.62 bits per heavy atom. The fourth-order valence-corrected chi connectivity index (χ4v) is 1.77. The lowest BCUT2D eigenvalue weighted by molar-refractivity contribution is 1.43. The molecule has 82 valence electrons. The highest BCUT2D eigenvalue weighted by atomic mass is 14.9. The van der Waals surface area contributed by atoms with Gasteiger partial charge in [-0.15, -0.1) is 0 Å². The summed E-state index contributed by atoms with van der Waals surface area (Å²) in [5.74, 6) is 0. The third-order valence-corrected chi connectivity index (χ3v) is 2.41. The number of anilines is 3. The topological polar surface area (TPSA) is 38.0 Å². The quantitative estimate of drug-likeness (QED) is 0.746. The molecule has 0 aliphatic rings. The predicted octanol–water partition coefficient (Wildman–Crippen LogP) is 3.63. The molecule has 0 radical (unpaired) electrons. The summed E-state index contributed by atoms with van der Waals surface area (Å²) in [6.45, 7) is 4.12. The van der Waals surface area contributed by atoms with E-state index >= 15 is 0 Å². The lowest BCUT2D eigenvalue weighted by atomic mass is 10.1. The molecule has 0 spiro atoms. The van der Waals surface area contributed by atoms with Gasteiger partial charge in [-0.2, -0.15) is 0 Å². The van der Waals surface area contributed by atoms with Crippen LogP contribution in [0.3, 0.4) is 0 Å². The van der Waals surface area contributed by atoms with Gasteiger partial charge in [0, 0.05) is 17.1 Å². The summed E-state index contributed by atoms with van der Waals surface area (Å²) in [6, 6.07) is 14.3. The summed E-state index contributed by atoms with van der Waals surface area (Å²) in [5, 5.41) is 3.35. The first-order chi connectivity index (χ1) is 7.63. The van der Waals surface area contributed by atoms with E-state index in [4.69, 9.17) is 5.73 Å². The molecule has 0 amide bonds. The monoisotopic (exact) mass is 212 g/mol. The summed E-state index contributed by atoms with van der Waals surface area (Å²) in [7, 11) is 0. The van der Waals surface area contributed by atoms with Crippen LogP contribution in [0, 0.1) is 13.8 Å². The van der Waals surface area contributed by atoms with Crippen LogP contribution in [0.5, 0.6) is 0 Å². The average molecular weight is 212 g/mol. The maximum Gasteiger partial charge on any atom is 0.0407 e. The minimum absolute atomic E-state index is 0.787. The average Bonchev–Trinajstić information content (AvgIpc) is 2.15. The zero-order chi connectivity index (χ0) is 11.5. The molecule has 0 saturated carbocycles. The van der Waals surface area contributed by atoms with Crippen molar-refractivity contribution in [1.82, 2.24) is 0 Å². The number of nitrogen functional groups attached to an aromatic ring is 1. The molecule has 2 aromatic carbocycles. The molecule has 0 saturated heterocycles. The first kappa shape index (κ1) is 10.6. The molecule has 2 aromatic rings. The first-order valence-corrected chi connectivity index (χ1v) is 5.34. The highest BCUT2D eigenvalue weighted by Gasteiger charge is 1.97. The highest BCUT2D eigenvalue weighted by Crippen LogP contribution is 2.21. The number of hydrogen-bond acceptors (Lipinski definition) is 2. The standard InChI is InChI=1S/C14H16N2/c1-10-4-3-5-13(7-10)16-14-8-11(2)6-12(15)9-14/h3-9,16H,15H2,1-2H3. The molecule has 2 nitrogen and oxygen atoms in total. The molecular weight excluding hydrogens is 196 g/mol. The molecule has 0 aliphatic carbocycles. The fraction of sp³-hybridized carbons (Fsp3) is 0.143. The van der Waals surface area contributed by atoms with Crippen LogP contribution in [0.1, 0.15) is 11.1 Å². The smallest absolute Gasteiger partial charge is 0.0407 e. The minimum atomic E-state index is 0.787. The van der Waals surface area contributed by atoms with Crippen molar-refractivity contribution >= 4 is 17.1 Å². The zero-order valence-electron chi connectivity index (χ0n) is 9.62. The Bertz CT molecular complexity index is 484. The van der Waals surface area contributed by atoms with Crippen molar-refractivity contribution in [2.24, 2.45) is 0 Å². The van der Waals surface area contributed by atoms with Crippen LogP contribution in [-0.2, 0) is 0 Å².